The first-order chi connectivity index (χ1) is 9.96. The van der Waals surface area contributed by atoms with E-state index >= 15 is 0 Å². The van der Waals surface area contributed by atoms with Crippen LogP contribution < -0.4 is 10.1 Å². The SMILES string of the molecule is COc1cccc(CSc2nnc(NCC(F)(F)F)s2)c1. The number of anilines is 1. The van der Waals surface area contributed by atoms with Crippen molar-refractivity contribution in [2.45, 2.75) is 16.3 Å². The molecule has 0 aliphatic heterocycles. The van der Waals surface area contributed by atoms with Gasteiger partial charge in [-0.25, -0.2) is 0 Å². The molecule has 4 nitrogen and oxygen atoms in total. The summed E-state index contributed by atoms with van der Waals surface area (Å²) in [5.41, 5.74) is 1.04. The molecule has 1 heterocycles. The second-order valence-electron chi connectivity index (χ2n) is 3.98. The first kappa shape index (κ1) is 15.9. The van der Waals surface area contributed by atoms with Crippen molar-refractivity contribution in [2.75, 3.05) is 19.0 Å². The van der Waals surface area contributed by atoms with Crippen molar-refractivity contribution in [1.29, 1.82) is 0 Å². The molecule has 0 aliphatic rings. The zero-order chi connectivity index (χ0) is 15.3. The molecule has 2 aromatic rings. The topological polar surface area (TPSA) is 47.0 Å². The van der Waals surface area contributed by atoms with Gasteiger partial charge in [0.25, 0.3) is 0 Å². The van der Waals surface area contributed by atoms with Crippen molar-refractivity contribution < 1.29 is 17.9 Å². The molecular formula is C12H12F3N3OS2. The Labute approximate surface area is 127 Å². The van der Waals surface area contributed by atoms with E-state index in [0.717, 1.165) is 22.6 Å². The van der Waals surface area contributed by atoms with E-state index in [-0.39, 0.29) is 5.13 Å². The number of nitrogens with zero attached hydrogens (tertiary/aromatic N) is 2. The van der Waals surface area contributed by atoms with E-state index in [0.29, 0.717) is 10.1 Å². The molecule has 0 unspecified atom stereocenters. The Hall–Kier alpha value is -1.48. The molecule has 21 heavy (non-hydrogen) atoms. The highest BCUT2D eigenvalue weighted by molar-refractivity contribution is 8.00. The van der Waals surface area contributed by atoms with E-state index in [2.05, 4.69) is 15.5 Å². The van der Waals surface area contributed by atoms with Crippen molar-refractivity contribution in [3.05, 3.63) is 29.8 Å². The Balaban J connectivity index is 1.87. The van der Waals surface area contributed by atoms with Gasteiger partial charge in [-0.2, -0.15) is 13.2 Å². The summed E-state index contributed by atoms with van der Waals surface area (Å²) in [7, 11) is 1.59. The number of thioether (sulfide) groups is 1. The molecular weight excluding hydrogens is 323 g/mol. The molecule has 1 aromatic heterocycles. The van der Waals surface area contributed by atoms with Crippen LogP contribution in [-0.2, 0) is 5.75 Å². The minimum Gasteiger partial charge on any atom is -0.497 e. The molecule has 114 valence electrons. The van der Waals surface area contributed by atoms with Crippen LogP contribution >= 0.6 is 23.1 Å². The summed E-state index contributed by atoms with van der Waals surface area (Å²) in [6, 6.07) is 7.57. The molecule has 0 fully saturated rings. The molecule has 0 aliphatic carbocycles. The van der Waals surface area contributed by atoms with E-state index in [1.54, 1.807) is 7.11 Å². The molecule has 0 atom stereocenters. The largest absolute Gasteiger partial charge is 0.497 e. The lowest BCUT2D eigenvalue weighted by Crippen LogP contribution is -2.21. The van der Waals surface area contributed by atoms with E-state index in [1.165, 1.54) is 11.8 Å². The lowest BCUT2D eigenvalue weighted by molar-refractivity contribution is -0.115. The predicted octanol–water partition coefficient (Wildman–Crippen LogP) is 3.81. The van der Waals surface area contributed by atoms with Crippen molar-refractivity contribution in [3.63, 3.8) is 0 Å². The fourth-order valence-electron chi connectivity index (χ4n) is 1.42. The number of nitrogens with one attached hydrogen (secondary N) is 1. The van der Waals surface area contributed by atoms with Gasteiger partial charge in [-0.15, -0.1) is 10.2 Å². The average Bonchev–Trinajstić information content (AvgIpc) is 2.90. The molecule has 1 aromatic carbocycles. The molecule has 9 heteroatoms. The summed E-state index contributed by atoms with van der Waals surface area (Å²) >= 11 is 2.52. The fourth-order valence-corrected chi connectivity index (χ4v) is 3.11. The Morgan fingerprint density at radius 2 is 2.14 bits per heavy atom. The zero-order valence-electron chi connectivity index (χ0n) is 11.0. The number of rotatable bonds is 6. The molecule has 0 spiro atoms. The van der Waals surface area contributed by atoms with E-state index in [9.17, 15) is 13.2 Å². The van der Waals surface area contributed by atoms with Crippen LogP contribution in [0, 0.1) is 0 Å². The van der Waals surface area contributed by atoms with Gasteiger partial charge in [-0.3, -0.25) is 0 Å². The van der Waals surface area contributed by atoms with Crippen LogP contribution in [0.4, 0.5) is 18.3 Å². The van der Waals surface area contributed by atoms with E-state index in [4.69, 9.17) is 4.74 Å². The quantitative estimate of drug-likeness (QED) is 0.814. The van der Waals surface area contributed by atoms with E-state index < -0.39 is 12.7 Å². The maximum atomic E-state index is 12.1. The van der Waals surface area contributed by atoms with Gasteiger partial charge in [0.05, 0.1) is 7.11 Å². The maximum absolute atomic E-state index is 12.1. The maximum Gasteiger partial charge on any atom is 0.405 e. The number of aromatic nitrogens is 2. The second kappa shape index (κ2) is 6.99. The number of methoxy groups -OCH3 is 1. The lowest BCUT2D eigenvalue weighted by Gasteiger charge is -2.05. The minimum absolute atomic E-state index is 0.167. The highest BCUT2D eigenvalue weighted by Crippen LogP contribution is 2.29. The first-order valence-corrected chi connectivity index (χ1v) is 7.66. The first-order valence-electron chi connectivity index (χ1n) is 5.86. The van der Waals surface area contributed by atoms with Crippen LogP contribution in [0.1, 0.15) is 5.56 Å². The standard InChI is InChI=1S/C12H12F3N3OS2/c1-19-9-4-2-3-8(5-9)6-20-11-18-17-10(21-11)16-7-12(13,14)15/h2-5H,6-7H2,1H3,(H,16,17). The summed E-state index contributed by atoms with van der Waals surface area (Å²) < 4.78 is 41.9. The number of halogens is 3. The van der Waals surface area contributed by atoms with Crippen molar-refractivity contribution >= 4 is 28.2 Å². The Morgan fingerprint density at radius 3 is 2.86 bits per heavy atom. The molecule has 0 bridgehead atoms. The van der Waals surface area contributed by atoms with Crippen LogP contribution in [-0.4, -0.2) is 30.0 Å². The van der Waals surface area contributed by atoms with Gasteiger partial charge in [0.15, 0.2) is 4.34 Å². The highest BCUT2D eigenvalue weighted by atomic mass is 32.2. The summed E-state index contributed by atoms with van der Waals surface area (Å²) in [4.78, 5) is 0. The van der Waals surface area contributed by atoms with Gasteiger partial charge >= 0.3 is 6.18 Å². The fraction of sp³-hybridized carbons (Fsp3) is 0.333. The Morgan fingerprint density at radius 1 is 1.33 bits per heavy atom. The molecule has 0 saturated heterocycles. The monoisotopic (exact) mass is 335 g/mol. The molecule has 1 N–H and O–H groups in total. The summed E-state index contributed by atoms with van der Waals surface area (Å²) in [5, 5.41) is 9.90. The Kier molecular flexibility index (Phi) is 5.29. The average molecular weight is 335 g/mol. The van der Waals surface area contributed by atoms with Crippen molar-refractivity contribution in [3.8, 4) is 5.75 Å². The van der Waals surface area contributed by atoms with Gasteiger partial charge < -0.3 is 10.1 Å². The van der Waals surface area contributed by atoms with Crippen LogP contribution in [0.3, 0.4) is 0 Å². The van der Waals surface area contributed by atoms with Gasteiger partial charge in [-0.1, -0.05) is 35.2 Å². The van der Waals surface area contributed by atoms with Gasteiger partial charge in [0.2, 0.25) is 5.13 Å². The number of hydrogen-bond donors (Lipinski definition) is 1. The molecule has 2 rings (SSSR count). The molecule has 0 radical (unpaired) electrons. The smallest absolute Gasteiger partial charge is 0.405 e. The third-order valence-corrected chi connectivity index (χ3v) is 4.43. The number of alkyl halides is 3. The zero-order valence-corrected chi connectivity index (χ0v) is 12.6. The summed E-state index contributed by atoms with van der Waals surface area (Å²) in [6.07, 6.45) is -4.26. The minimum atomic E-state index is -4.26. The van der Waals surface area contributed by atoms with Crippen LogP contribution in [0.25, 0.3) is 0 Å². The van der Waals surface area contributed by atoms with Crippen molar-refractivity contribution in [2.24, 2.45) is 0 Å². The number of ether oxygens (including phenoxy) is 1. The van der Waals surface area contributed by atoms with Crippen molar-refractivity contribution in [1.82, 2.24) is 10.2 Å². The molecule has 0 saturated carbocycles. The van der Waals surface area contributed by atoms with Crippen LogP contribution in [0.15, 0.2) is 28.6 Å². The lowest BCUT2D eigenvalue weighted by atomic mass is 10.2. The summed E-state index contributed by atoms with van der Waals surface area (Å²) in [5.74, 6) is 1.41. The van der Waals surface area contributed by atoms with Crippen LogP contribution in [0.2, 0.25) is 0 Å². The summed E-state index contributed by atoms with van der Waals surface area (Å²) in [6.45, 7) is -1.11. The third kappa shape index (κ3) is 5.43. The van der Waals surface area contributed by atoms with Gasteiger partial charge in [0, 0.05) is 5.75 Å². The second-order valence-corrected chi connectivity index (χ2v) is 6.18. The Bertz CT molecular complexity index is 589. The highest BCUT2D eigenvalue weighted by Gasteiger charge is 2.27. The predicted molar refractivity (Wildman–Crippen MR) is 77.0 cm³/mol. The number of hydrogen-bond acceptors (Lipinski definition) is 6. The molecule has 0 amide bonds. The third-order valence-electron chi connectivity index (χ3n) is 2.34. The van der Waals surface area contributed by atoms with Gasteiger partial charge in [-0.05, 0) is 17.7 Å². The van der Waals surface area contributed by atoms with Gasteiger partial charge in [0.1, 0.15) is 12.3 Å². The number of benzene rings is 1. The van der Waals surface area contributed by atoms with E-state index in [1.807, 2.05) is 24.3 Å². The normalized spacial score (nSPS) is 11.4. The van der Waals surface area contributed by atoms with Crippen LogP contribution in [0.5, 0.6) is 5.75 Å².